The second-order valence-corrected chi connectivity index (χ2v) is 5.99. The number of esters is 1. The second-order valence-electron chi connectivity index (χ2n) is 5.14. The van der Waals surface area contributed by atoms with Crippen LogP contribution in [0.5, 0.6) is 0 Å². The average Bonchev–Trinajstić information content (AvgIpc) is 2.35. The Bertz CT molecular complexity index is 461. The fourth-order valence-electron chi connectivity index (χ4n) is 1.72. The molecule has 0 amide bonds. The van der Waals surface area contributed by atoms with Gasteiger partial charge < -0.3 is 10.1 Å². The Kier molecular flexibility index (Phi) is 5.65. The quantitative estimate of drug-likeness (QED) is 0.840. The zero-order chi connectivity index (χ0) is 14.6. The van der Waals surface area contributed by atoms with Gasteiger partial charge in [-0.15, -0.1) is 0 Å². The molecule has 1 rings (SSSR count). The standard InChI is InChI=1S/C14H19Cl2NO2/c1-9(11-6-5-10(15)7-12(11)16)17-8-14(2,3)13(18)19-4/h5-7,9,17H,8H2,1-4H3. The van der Waals surface area contributed by atoms with Gasteiger partial charge >= 0.3 is 5.97 Å². The fourth-order valence-corrected chi connectivity index (χ4v) is 2.29. The maximum absolute atomic E-state index is 11.6. The Labute approximate surface area is 124 Å². The summed E-state index contributed by atoms with van der Waals surface area (Å²) in [6, 6.07) is 5.41. The van der Waals surface area contributed by atoms with Gasteiger partial charge in [0.05, 0.1) is 12.5 Å². The molecular weight excluding hydrogens is 285 g/mol. The number of ether oxygens (including phenoxy) is 1. The lowest BCUT2D eigenvalue weighted by molar-refractivity contribution is -0.150. The molecule has 0 aliphatic heterocycles. The van der Waals surface area contributed by atoms with Gasteiger partial charge in [0.25, 0.3) is 0 Å². The van der Waals surface area contributed by atoms with Crippen LogP contribution in [0.25, 0.3) is 0 Å². The van der Waals surface area contributed by atoms with Gasteiger partial charge in [0.2, 0.25) is 0 Å². The van der Waals surface area contributed by atoms with Crippen LogP contribution in [0.3, 0.4) is 0 Å². The number of rotatable bonds is 5. The van der Waals surface area contributed by atoms with Crippen LogP contribution in [0.15, 0.2) is 18.2 Å². The van der Waals surface area contributed by atoms with Gasteiger partial charge in [-0.1, -0.05) is 29.3 Å². The van der Waals surface area contributed by atoms with Crippen molar-refractivity contribution in [1.29, 1.82) is 0 Å². The monoisotopic (exact) mass is 303 g/mol. The highest BCUT2D eigenvalue weighted by Crippen LogP contribution is 2.27. The molecule has 0 saturated carbocycles. The smallest absolute Gasteiger partial charge is 0.312 e. The lowest BCUT2D eigenvalue weighted by Gasteiger charge is -2.25. The van der Waals surface area contributed by atoms with Crippen molar-refractivity contribution in [3.8, 4) is 0 Å². The molecule has 19 heavy (non-hydrogen) atoms. The first-order chi connectivity index (χ1) is 8.77. The number of hydrogen-bond donors (Lipinski definition) is 1. The summed E-state index contributed by atoms with van der Waals surface area (Å²) in [5.41, 5.74) is 0.369. The Balaban J connectivity index is 2.70. The maximum Gasteiger partial charge on any atom is 0.312 e. The van der Waals surface area contributed by atoms with E-state index in [0.717, 1.165) is 5.56 Å². The first-order valence-electron chi connectivity index (χ1n) is 6.04. The molecule has 0 heterocycles. The van der Waals surface area contributed by atoms with Crippen molar-refractivity contribution in [2.45, 2.75) is 26.8 Å². The SMILES string of the molecule is COC(=O)C(C)(C)CNC(C)c1ccc(Cl)cc1Cl. The molecule has 1 atom stereocenters. The lowest BCUT2D eigenvalue weighted by atomic mass is 9.93. The van der Waals surface area contributed by atoms with Crippen molar-refractivity contribution in [1.82, 2.24) is 5.32 Å². The summed E-state index contributed by atoms with van der Waals surface area (Å²) in [6.07, 6.45) is 0. The summed E-state index contributed by atoms with van der Waals surface area (Å²) in [7, 11) is 1.39. The van der Waals surface area contributed by atoms with Crippen molar-refractivity contribution in [3.63, 3.8) is 0 Å². The van der Waals surface area contributed by atoms with Crippen molar-refractivity contribution in [3.05, 3.63) is 33.8 Å². The Hall–Kier alpha value is -0.770. The summed E-state index contributed by atoms with van der Waals surface area (Å²) in [4.78, 5) is 11.6. The zero-order valence-corrected chi connectivity index (χ0v) is 13.1. The average molecular weight is 304 g/mol. The molecule has 0 radical (unpaired) electrons. The van der Waals surface area contributed by atoms with E-state index in [1.807, 2.05) is 26.8 Å². The Morgan fingerprint density at radius 2 is 2.05 bits per heavy atom. The molecule has 1 aromatic rings. The van der Waals surface area contributed by atoms with Gasteiger partial charge in [0.1, 0.15) is 0 Å². The third kappa shape index (κ3) is 4.37. The van der Waals surface area contributed by atoms with Crippen molar-refractivity contribution in [2.24, 2.45) is 5.41 Å². The van der Waals surface area contributed by atoms with Gasteiger partial charge in [-0.3, -0.25) is 4.79 Å². The van der Waals surface area contributed by atoms with Gasteiger partial charge in [0, 0.05) is 22.6 Å². The van der Waals surface area contributed by atoms with Crippen LogP contribution in [0.2, 0.25) is 10.0 Å². The van der Waals surface area contributed by atoms with Crippen LogP contribution in [0.1, 0.15) is 32.4 Å². The number of nitrogens with one attached hydrogen (secondary N) is 1. The number of methoxy groups -OCH3 is 1. The summed E-state index contributed by atoms with van der Waals surface area (Å²) in [5, 5.41) is 4.51. The second kappa shape index (κ2) is 6.60. The topological polar surface area (TPSA) is 38.3 Å². The van der Waals surface area contributed by atoms with E-state index >= 15 is 0 Å². The van der Waals surface area contributed by atoms with Crippen LogP contribution in [0, 0.1) is 5.41 Å². The first-order valence-corrected chi connectivity index (χ1v) is 6.80. The molecule has 3 nitrogen and oxygen atoms in total. The van der Waals surface area contributed by atoms with E-state index in [9.17, 15) is 4.79 Å². The molecule has 0 saturated heterocycles. The predicted octanol–water partition coefficient (Wildman–Crippen LogP) is 3.84. The summed E-state index contributed by atoms with van der Waals surface area (Å²) >= 11 is 12.0. The van der Waals surface area contributed by atoms with Gasteiger partial charge in [0.15, 0.2) is 0 Å². The molecule has 0 fully saturated rings. The van der Waals surface area contributed by atoms with Crippen molar-refractivity contribution in [2.75, 3.05) is 13.7 Å². The van der Waals surface area contributed by atoms with Crippen LogP contribution >= 0.6 is 23.2 Å². The third-order valence-corrected chi connectivity index (χ3v) is 3.58. The highest BCUT2D eigenvalue weighted by atomic mass is 35.5. The Morgan fingerprint density at radius 1 is 1.42 bits per heavy atom. The minimum absolute atomic E-state index is 0.0219. The summed E-state index contributed by atoms with van der Waals surface area (Å²) < 4.78 is 4.77. The number of carbonyl (C=O) groups is 1. The highest BCUT2D eigenvalue weighted by Gasteiger charge is 2.29. The molecule has 5 heteroatoms. The van der Waals surface area contributed by atoms with Crippen LogP contribution in [0.4, 0.5) is 0 Å². The largest absolute Gasteiger partial charge is 0.469 e. The molecular formula is C14H19Cl2NO2. The third-order valence-electron chi connectivity index (χ3n) is 3.02. The van der Waals surface area contributed by atoms with Gasteiger partial charge in [-0.25, -0.2) is 0 Å². The molecule has 1 unspecified atom stereocenters. The summed E-state index contributed by atoms with van der Waals surface area (Å²) in [6.45, 7) is 6.16. The highest BCUT2D eigenvalue weighted by molar-refractivity contribution is 6.35. The van der Waals surface area contributed by atoms with Gasteiger partial charge in [-0.2, -0.15) is 0 Å². The maximum atomic E-state index is 11.6. The molecule has 0 aromatic heterocycles. The fraction of sp³-hybridized carbons (Fsp3) is 0.500. The number of hydrogen-bond acceptors (Lipinski definition) is 3. The Morgan fingerprint density at radius 3 is 2.58 bits per heavy atom. The molecule has 0 aliphatic carbocycles. The molecule has 0 aliphatic rings. The molecule has 0 spiro atoms. The van der Waals surface area contributed by atoms with Crippen LogP contribution in [-0.4, -0.2) is 19.6 Å². The minimum Gasteiger partial charge on any atom is -0.469 e. The van der Waals surface area contributed by atoms with Crippen LogP contribution in [-0.2, 0) is 9.53 Å². The predicted molar refractivity (Wildman–Crippen MR) is 78.7 cm³/mol. The van der Waals surface area contributed by atoms with E-state index in [-0.39, 0.29) is 12.0 Å². The minimum atomic E-state index is -0.581. The van der Waals surface area contributed by atoms with E-state index in [1.54, 1.807) is 12.1 Å². The molecule has 0 bridgehead atoms. The van der Waals surface area contributed by atoms with E-state index in [1.165, 1.54) is 7.11 Å². The van der Waals surface area contributed by atoms with E-state index < -0.39 is 5.41 Å². The number of carbonyl (C=O) groups excluding carboxylic acids is 1. The van der Waals surface area contributed by atoms with E-state index in [4.69, 9.17) is 27.9 Å². The first kappa shape index (κ1) is 16.3. The number of halogens is 2. The summed E-state index contributed by atoms with van der Waals surface area (Å²) in [5.74, 6) is -0.241. The van der Waals surface area contributed by atoms with Gasteiger partial charge in [-0.05, 0) is 38.5 Å². The van der Waals surface area contributed by atoms with Crippen LogP contribution < -0.4 is 5.32 Å². The molecule has 106 valence electrons. The molecule has 1 N–H and O–H groups in total. The molecule has 1 aromatic carbocycles. The van der Waals surface area contributed by atoms with E-state index in [2.05, 4.69) is 5.32 Å². The lowest BCUT2D eigenvalue weighted by Crippen LogP contribution is -2.38. The zero-order valence-electron chi connectivity index (χ0n) is 11.6. The number of benzene rings is 1. The normalized spacial score (nSPS) is 13.2. The van der Waals surface area contributed by atoms with Crippen molar-refractivity contribution >= 4 is 29.2 Å². The van der Waals surface area contributed by atoms with E-state index in [0.29, 0.717) is 16.6 Å². The van der Waals surface area contributed by atoms with Crippen molar-refractivity contribution < 1.29 is 9.53 Å².